The van der Waals surface area contributed by atoms with E-state index in [2.05, 4.69) is 20.3 Å². The second-order valence-corrected chi connectivity index (χ2v) is 6.83. The Balaban J connectivity index is 1.61. The molecule has 0 amide bonds. The Hall–Kier alpha value is -2.45. The number of aromatic nitrogens is 3. The Morgan fingerprint density at radius 1 is 1.15 bits per heavy atom. The van der Waals surface area contributed by atoms with E-state index in [0.29, 0.717) is 30.4 Å². The van der Waals surface area contributed by atoms with Gasteiger partial charge in [0.2, 0.25) is 0 Å². The lowest BCUT2D eigenvalue weighted by Gasteiger charge is -2.37. The van der Waals surface area contributed by atoms with E-state index in [9.17, 15) is 13.2 Å². The van der Waals surface area contributed by atoms with Crippen molar-refractivity contribution in [3.05, 3.63) is 41.6 Å². The van der Waals surface area contributed by atoms with E-state index in [1.807, 2.05) is 6.92 Å². The van der Waals surface area contributed by atoms with Gasteiger partial charge < -0.3 is 10.2 Å². The highest BCUT2D eigenvalue weighted by Crippen LogP contribution is 2.33. The molecule has 27 heavy (non-hydrogen) atoms. The van der Waals surface area contributed by atoms with Crippen molar-refractivity contribution in [3.63, 3.8) is 0 Å². The molecule has 5 nitrogen and oxygen atoms in total. The third kappa shape index (κ3) is 4.84. The minimum Gasteiger partial charge on any atom is -0.371 e. The molecule has 0 aliphatic carbocycles. The van der Waals surface area contributed by atoms with Gasteiger partial charge in [0.1, 0.15) is 23.0 Å². The topological polar surface area (TPSA) is 53.9 Å². The predicted octanol–water partition coefficient (Wildman–Crippen LogP) is 3.93. The van der Waals surface area contributed by atoms with Crippen molar-refractivity contribution in [2.24, 2.45) is 0 Å². The maximum Gasteiger partial charge on any atom is 0.433 e. The van der Waals surface area contributed by atoms with Gasteiger partial charge in [0.05, 0.1) is 6.54 Å². The van der Waals surface area contributed by atoms with Gasteiger partial charge in [-0.15, -0.1) is 0 Å². The first-order valence-corrected chi connectivity index (χ1v) is 8.68. The smallest absolute Gasteiger partial charge is 0.371 e. The summed E-state index contributed by atoms with van der Waals surface area (Å²) >= 11 is 0. The number of piperidine rings is 1. The van der Waals surface area contributed by atoms with E-state index in [0.717, 1.165) is 18.0 Å². The molecule has 0 unspecified atom stereocenters. The predicted molar refractivity (Wildman–Crippen MR) is 94.5 cm³/mol. The number of rotatable bonds is 4. The summed E-state index contributed by atoms with van der Waals surface area (Å²) in [4.78, 5) is 13.5. The van der Waals surface area contributed by atoms with Gasteiger partial charge in [0.25, 0.3) is 0 Å². The number of aryl methyl sites for hydroxylation is 2. The molecule has 1 aliphatic rings. The number of alkyl halides is 4. The lowest BCUT2D eigenvalue weighted by Crippen LogP contribution is -2.45. The molecule has 1 fully saturated rings. The Kier molecular flexibility index (Phi) is 5.21. The molecule has 146 valence electrons. The van der Waals surface area contributed by atoms with Crippen LogP contribution in [0.4, 0.5) is 29.1 Å². The fraction of sp³-hybridized carbons (Fsp3) is 0.500. The zero-order chi connectivity index (χ0) is 19.7. The van der Waals surface area contributed by atoms with Crippen LogP contribution in [0.2, 0.25) is 0 Å². The number of nitrogens with zero attached hydrogens (tertiary/aromatic N) is 4. The van der Waals surface area contributed by atoms with E-state index in [4.69, 9.17) is 0 Å². The van der Waals surface area contributed by atoms with Gasteiger partial charge in [-0.05, 0) is 26.0 Å². The molecule has 1 aliphatic heterocycles. The molecular formula is C18H21F4N5. The van der Waals surface area contributed by atoms with Crippen LogP contribution in [0.5, 0.6) is 0 Å². The first kappa shape index (κ1) is 19.3. The molecule has 0 radical (unpaired) electrons. The minimum absolute atomic E-state index is 0.0981. The Labute approximate surface area is 154 Å². The lowest BCUT2D eigenvalue weighted by atomic mass is 9.93. The van der Waals surface area contributed by atoms with Gasteiger partial charge in [0, 0.05) is 49.6 Å². The van der Waals surface area contributed by atoms with Gasteiger partial charge in [0.15, 0.2) is 0 Å². The highest BCUT2D eigenvalue weighted by molar-refractivity contribution is 5.47. The summed E-state index contributed by atoms with van der Waals surface area (Å²) in [6, 6.07) is 4.28. The number of pyridine rings is 1. The maximum atomic E-state index is 15.1. The van der Waals surface area contributed by atoms with E-state index in [1.54, 1.807) is 17.9 Å². The molecule has 9 heteroatoms. The van der Waals surface area contributed by atoms with Crippen LogP contribution < -0.4 is 10.2 Å². The van der Waals surface area contributed by atoms with Crippen molar-refractivity contribution in [2.75, 3.05) is 29.9 Å². The van der Waals surface area contributed by atoms with E-state index < -0.39 is 17.5 Å². The monoisotopic (exact) mass is 383 g/mol. The SMILES string of the molecule is Cc1cc(NCC2(F)CCN(c3ccnc(C(F)(F)F)c3)CC2)nc(C)n1. The molecule has 2 aromatic rings. The molecule has 0 aromatic carbocycles. The Morgan fingerprint density at radius 3 is 2.48 bits per heavy atom. The molecule has 2 aromatic heterocycles. The molecule has 0 spiro atoms. The molecule has 3 rings (SSSR count). The number of nitrogens with one attached hydrogen (secondary N) is 1. The summed E-state index contributed by atoms with van der Waals surface area (Å²) in [7, 11) is 0. The van der Waals surface area contributed by atoms with Crippen LogP contribution in [0.1, 0.15) is 30.1 Å². The number of anilines is 2. The maximum absolute atomic E-state index is 15.1. The van der Waals surface area contributed by atoms with E-state index in [-0.39, 0.29) is 19.4 Å². The lowest BCUT2D eigenvalue weighted by molar-refractivity contribution is -0.141. The normalized spacial score (nSPS) is 17.0. The highest BCUT2D eigenvalue weighted by atomic mass is 19.4. The van der Waals surface area contributed by atoms with E-state index >= 15 is 4.39 Å². The average molecular weight is 383 g/mol. The summed E-state index contributed by atoms with van der Waals surface area (Å²) in [5.74, 6) is 1.18. The largest absolute Gasteiger partial charge is 0.433 e. The zero-order valence-corrected chi connectivity index (χ0v) is 15.1. The minimum atomic E-state index is -4.49. The second-order valence-electron chi connectivity index (χ2n) is 6.83. The number of hydrogen-bond donors (Lipinski definition) is 1. The summed E-state index contributed by atoms with van der Waals surface area (Å²) in [5, 5.41) is 3.02. The van der Waals surface area contributed by atoms with Crippen LogP contribution in [-0.2, 0) is 6.18 Å². The third-order valence-corrected chi connectivity index (χ3v) is 4.61. The second kappa shape index (κ2) is 7.28. The Morgan fingerprint density at radius 2 is 1.85 bits per heavy atom. The first-order chi connectivity index (χ1) is 12.6. The van der Waals surface area contributed by atoms with Crippen LogP contribution >= 0.6 is 0 Å². The van der Waals surface area contributed by atoms with Crippen LogP contribution in [0.15, 0.2) is 24.4 Å². The molecule has 0 bridgehead atoms. The van der Waals surface area contributed by atoms with Crippen LogP contribution in [-0.4, -0.2) is 40.3 Å². The van der Waals surface area contributed by atoms with Crippen molar-refractivity contribution in [1.29, 1.82) is 0 Å². The zero-order valence-electron chi connectivity index (χ0n) is 15.1. The summed E-state index contributed by atoms with van der Waals surface area (Å²) in [5.41, 5.74) is -1.17. The van der Waals surface area contributed by atoms with Gasteiger partial charge in [-0.3, -0.25) is 4.98 Å². The van der Waals surface area contributed by atoms with Crippen molar-refractivity contribution >= 4 is 11.5 Å². The van der Waals surface area contributed by atoms with Crippen molar-refractivity contribution < 1.29 is 17.6 Å². The molecule has 0 saturated carbocycles. The first-order valence-electron chi connectivity index (χ1n) is 8.68. The molecule has 3 heterocycles. The molecule has 1 N–H and O–H groups in total. The van der Waals surface area contributed by atoms with Crippen LogP contribution in [0.25, 0.3) is 0 Å². The molecule has 1 saturated heterocycles. The number of hydrogen-bond acceptors (Lipinski definition) is 5. The summed E-state index contributed by atoms with van der Waals surface area (Å²) < 4.78 is 53.5. The fourth-order valence-electron chi connectivity index (χ4n) is 3.17. The third-order valence-electron chi connectivity index (χ3n) is 4.61. The van der Waals surface area contributed by atoms with E-state index in [1.165, 1.54) is 6.07 Å². The van der Waals surface area contributed by atoms with Gasteiger partial charge >= 0.3 is 6.18 Å². The van der Waals surface area contributed by atoms with Gasteiger partial charge in [-0.25, -0.2) is 14.4 Å². The highest BCUT2D eigenvalue weighted by Gasteiger charge is 2.36. The van der Waals surface area contributed by atoms with Crippen LogP contribution in [0.3, 0.4) is 0 Å². The summed E-state index contributed by atoms with van der Waals surface area (Å²) in [6.07, 6.45) is -2.93. The van der Waals surface area contributed by atoms with Crippen molar-refractivity contribution in [2.45, 2.75) is 38.5 Å². The van der Waals surface area contributed by atoms with Crippen molar-refractivity contribution in [3.8, 4) is 0 Å². The van der Waals surface area contributed by atoms with Crippen LogP contribution in [0, 0.1) is 13.8 Å². The van der Waals surface area contributed by atoms with Gasteiger partial charge in [-0.2, -0.15) is 13.2 Å². The quantitative estimate of drug-likeness (QED) is 0.811. The number of halogens is 4. The summed E-state index contributed by atoms with van der Waals surface area (Å²) in [6.45, 7) is 4.38. The average Bonchev–Trinajstić information content (AvgIpc) is 2.59. The standard InChI is InChI=1S/C18H21F4N5/c1-12-9-16(26-13(2)25-12)24-11-17(19)4-7-27(8-5-17)14-3-6-23-15(10-14)18(20,21)22/h3,6,9-10H,4-5,7-8,11H2,1-2H3,(H,24,25,26). The fourth-order valence-corrected chi connectivity index (χ4v) is 3.17. The Bertz CT molecular complexity index is 780. The van der Waals surface area contributed by atoms with Gasteiger partial charge in [-0.1, -0.05) is 0 Å². The molecule has 0 atom stereocenters. The van der Waals surface area contributed by atoms with Crippen molar-refractivity contribution in [1.82, 2.24) is 15.0 Å². The molecular weight excluding hydrogens is 362 g/mol.